The molecule has 0 saturated carbocycles. The number of hydrogen-bond acceptors (Lipinski definition) is 0. The minimum absolute atomic E-state index is 0. The Morgan fingerprint density at radius 3 is 1.08 bits per heavy atom. The molecule has 0 spiro atoms. The van der Waals surface area contributed by atoms with Crippen molar-refractivity contribution in [3.8, 4) is 0 Å². The van der Waals surface area contributed by atoms with Crippen LogP contribution in [-0.4, -0.2) is 89.6 Å². The molecule has 0 aromatic rings. The van der Waals surface area contributed by atoms with Gasteiger partial charge in [0.2, 0.25) is 0 Å². The van der Waals surface area contributed by atoms with E-state index in [2.05, 4.69) is 17.1 Å². The van der Waals surface area contributed by atoms with Crippen molar-refractivity contribution in [2.24, 2.45) is 0 Å². The van der Waals surface area contributed by atoms with Gasteiger partial charge in [-0.25, -0.2) is 0 Å². The molecule has 0 aliphatic rings. The first-order valence-corrected chi connectivity index (χ1v) is 8.37. The summed E-state index contributed by atoms with van der Waals surface area (Å²) in [6.45, 7) is 0. The Morgan fingerprint density at radius 1 is 0.846 bits per heavy atom. The molecule has 0 nitrogen and oxygen atoms in total. The standard InChI is InChI=1S/2C3H3As.2Bi.2ClH.Zr/c2*1-2-3-4;;;;;/h2*1-2,4H;;;2*1H;/q2*-1;;;;;+4/p-2. The SMILES string of the molecule is [AsH][C-]=C[CH]=[Bi].[AsH][C-]=C[CH]=[Bi].[Cl-].[Cl-].[Zr+4]. The van der Waals surface area contributed by atoms with Crippen molar-refractivity contribution in [2.75, 3.05) is 0 Å². The van der Waals surface area contributed by atoms with Gasteiger partial charge in [0, 0.05) is 0 Å². The number of allylic oxidation sites excluding steroid dienone is 2. The quantitative estimate of drug-likeness (QED) is 0.193. The zero-order valence-corrected chi connectivity index (χ0v) is 21.6. The summed E-state index contributed by atoms with van der Waals surface area (Å²) in [6, 6.07) is 0. The van der Waals surface area contributed by atoms with Gasteiger partial charge in [-0.3, -0.25) is 0 Å². The summed E-state index contributed by atoms with van der Waals surface area (Å²) in [6.07, 6.45) is 3.85. The van der Waals surface area contributed by atoms with E-state index in [1.165, 1.54) is 48.5 Å². The summed E-state index contributed by atoms with van der Waals surface area (Å²) in [7, 11) is 0. The molecule has 0 aromatic carbocycles. The summed E-state index contributed by atoms with van der Waals surface area (Å²) in [5.41, 5.74) is 0. The molecule has 0 unspecified atom stereocenters. The molecule has 0 aromatic heterocycles. The zero-order chi connectivity index (χ0) is 8.24. The second-order valence-electron chi connectivity index (χ2n) is 0.920. The average Bonchev–Trinajstić information content (AvgIpc) is 1.93. The maximum absolute atomic E-state index is 2.86. The molecular weight excluding hydrogens is 802 g/mol. The Hall–Kier alpha value is 3.57. The largest absolute Gasteiger partial charge is 4.00 e. The van der Waals surface area contributed by atoms with Crippen molar-refractivity contribution in [3.63, 3.8) is 0 Å². The molecule has 0 atom stereocenters. The van der Waals surface area contributed by atoms with E-state index in [1.807, 2.05) is 45.9 Å². The van der Waals surface area contributed by atoms with Crippen LogP contribution in [0.5, 0.6) is 0 Å². The third-order valence-corrected chi connectivity index (χ3v) is 2.17. The molecule has 13 heavy (non-hydrogen) atoms. The van der Waals surface area contributed by atoms with E-state index in [4.69, 9.17) is 0 Å². The molecule has 0 bridgehead atoms. The second-order valence-corrected chi connectivity index (χ2v) is 4.45. The second kappa shape index (κ2) is 36.1. The summed E-state index contributed by atoms with van der Waals surface area (Å²) in [4.78, 5) is 5.73. The van der Waals surface area contributed by atoms with Gasteiger partial charge in [0.15, 0.2) is 0 Å². The predicted molar refractivity (Wildman–Crippen MR) is 53.6 cm³/mol. The fourth-order valence-corrected chi connectivity index (χ4v) is 3.40. The molecule has 0 saturated heterocycles. The normalized spacial score (nSPS) is 6.92. The van der Waals surface area contributed by atoms with E-state index in [-0.39, 0.29) is 51.0 Å². The van der Waals surface area contributed by atoms with Crippen molar-refractivity contribution < 1.29 is 51.0 Å². The Kier molecular flexibility index (Phi) is 83.3. The fraction of sp³-hybridized carbons (Fsp3) is 0. The molecule has 0 rings (SSSR count). The van der Waals surface area contributed by atoms with Gasteiger partial charge in [-0.15, -0.1) is 0 Å². The van der Waals surface area contributed by atoms with Gasteiger partial charge in [-0.2, -0.15) is 0 Å². The summed E-state index contributed by atoms with van der Waals surface area (Å²) in [5, 5.41) is 0. The molecule has 68 valence electrons. The first-order chi connectivity index (χ1) is 4.83. The average molecular weight is 808 g/mol. The maximum Gasteiger partial charge on any atom is 4.00 e. The predicted octanol–water partition coefficient (Wildman–Crippen LogP) is -7.64. The van der Waals surface area contributed by atoms with Gasteiger partial charge in [0.05, 0.1) is 0 Å². The van der Waals surface area contributed by atoms with Crippen LogP contribution in [0.25, 0.3) is 0 Å². The van der Waals surface area contributed by atoms with Gasteiger partial charge in [0.25, 0.3) is 0 Å². The van der Waals surface area contributed by atoms with Crippen LogP contribution >= 0.6 is 0 Å². The van der Waals surface area contributed by atoms with Gasteiger partial charge >= 0.3 is 138 Å². The number of rotatable bonds is 2. The van der Waals surface area contributed by atoms with E-state index < -0.39 is 0 Å². The smallest absolute Gasteiger partial charge is 1.00 e. The van der Waals surface area contributed by atoms with Crippen molar-refractivity contribution in [3.05, 3.63) is 21.9 Å². The molecule has 0 aliphatic heterocycles. The van der Waals surface area contributed by atoms with E-state index in [9.17, 15) is 0 Å². The summed E-state index contributed by atoms with van der Waals surface area (Å²) >= 11 is 6.42. The number of hydrogen-bond donors (Lipinski definition) is 0. The van der Waals surface area contributed by atoms with Crippen LogP contribution < -0.4 is 24.8 Å². The van der Waals surface area contributed by atoms with Gasteiger partial charge < -0.3 is 24.8 Å². The van der Waals surface area contributed by atoms with E-state index >= 15 is 0 Å². The van der Waals surface area contributed by atoms with Crippen LogP contribution in [0.15, 0.2) is 12.2 Å². The van der Waals surface area contributed by atoms with Gasteiger partial charge in [-0.05, 0) is 0 Å². The molecule has 7 heteroatoms. The van der Waals surface area contributed by atoms with Crippen LogP contribution in [0.4, 0.5) is 0 Å². The van der Waals surface area contributed by atoms with Gasteiger partial charge in [0.1, 0.15) is 0 Å². The Morgan fingerprint density at radius 2 is 1.08 bits per heavy atom. The Balaban J connectivity index is -0.0000000267. The van der Waals surface area contributed by atoms with E-state index in [1.54, 1.807) is 0 Å². The van der Waals surface area contributed by atoms with Crippen LogP contribution in [0.2, 0.25) is 0 Å². The maximum atomic E-state index is 2.86. The topological polar surface area (TPSA) is 0 Å². The van der Waals surface area contributed by atoms with E-state index in [0.29, 0.717) is 0 Å². The minimum Gasteiger partial charge on any atom is -1.00 e. The molecule has 4 radical (unpaired) electrons. The monoisotopic (exact) mass is 806 g/mol. The summed E-state index contributed by atoms with van der Waals surface area (Å²) < 4.78 is 4.11. The van der Waals surface area contributed by atoms with E-state index in [0.717, 1.165) is 0 Å². The first-order valence-electron chi connectivity index (χ1n) is 2.26. The van der Waals surface area contributed by atoms with Crippen molar-refractivity contribution in [1.29, 1.82) is 0 Å². The Labute approximate surface area is 159 Å². The molecule has 0 amide bonds. The van der Waals surface area contributed by atoms with Crippen LogP contribution in [0, 0.1) is 9.73 Å². The van der Waals surface area contributed by atoms with Crippen LogP contribution in [-0.2, 0) is 26.2 Å². The first kappa shape index (κ1) is 30.0. The van der Waals surface area contributed by atoms with Gasteiger partial charge in [-0.1, -0.05) is 0 Å². The third-order valence-electron chi connectivity index (χ3n) is 0.316. The molecule has 0 N–H and O–H groups in total. The van der Waals surface area contributed by atoms with Crippen molar-refractivity contribution in [1.82, 2.24) is 0 Å². The van der Waals surface area contributed by atoms with Crippen molar-refractivity contribution in [2.45, 2.75) is 0 Å². The fourth-order valence-electron chi connectivity index (χ4n) is 0.0745. The molecular formula is C6H6As2Bi2Cl2Zr. The van der Waals surface area contributed by atoms with Crippen LogP contribution in [0.1, 0.15) is 0 Å². The third kappa shape index (κ3) is 50.0. The summed E-state index contributed by atoms with van der Waals surface area (Å²) in [5.74, 6) is 0. The van der Waals surface area contributed by atoms with Crippen LogP contribution in [0.3, 0.4) is 0 Å². The van der Waals surface area contributed by atoms with Crippen molar-refractivity contribution >= 4 is 89.6 Å². The molecule has 0 aliphatic carbocycles. The Bertz CT molecular complexity index is 127. The molecule has 0 heterocycles. The molecule has 0 fully saturated rings. The minimum atomic E-state index is 0. The zero-order valence-electron chi connectivity index (χ0n) is 6.46. The number of halogens is 2.